The van der Waals surface area contributed by atoms with Crippen molar-refractivity contribution in [1.29, 1.82) is 0 Å². The summed E-state index contributed by atoms with van der Waals surface area (Å²) in [6.45, 7) is 1.96. The molecule has 2 aromatic carbocycles. The van der Waals surface area contributed by atoms with Crippen molar-refractivity contribution in [2.45, 2.75) is 25.6 Å². The van der Waals surface area contributed by atoms with Crippen LogP contribution in [-0.4, -0.2) is 42.0 Å². The van der Waals surface area contributed by atoms with Crippen LogP contribution in [0.15, 0.2) is 60.7 Å². The summed E-state index contributed by atoms with van der Waals surface area (Å²) in [5.41, 5.74) is 1.81. The monoisotopic (exact) mass is 419 g/mol. The molecule has 0 unspecified atom stereocenters. The predicted octanol–water partition coefficient (Wildman–Crippen LogP) is 5.20. The van der Waals surface area contributed by atoms with Crippen molar-refractivity contribution >= 4 is 11.5 Å². The van der Waals surface area contributed by atoms with Gasteiger partial charge in [0.15, 0.2) is 0 Å². The lowest BCUT2D eigenvalue weighted by molar-refractivity contribution is -0.274. The Labute approximate surface area is 173 Å². The molecular formula is C23H24F3NO3. The number of nitrogens with zero attached hydrogens (tertiary/aromatic N) is 1. The number of halogens is 3. The van der Waals surface area contributed by atoms with E-state index < -0.39 is 12.3 Å². The zero-order valence-electron chi connectivity index (χ0n) is 16.4. The van der Waals surface area contributed by atoms with Crippen LogP contribution in [0.2, 0.25) is 0 Å². The minimum absolute atomic E-state index is 0.246. The van der Waals surface area contributed by atoms with E-state index in [1.165, 1.54) is 12.1 Å². The van der Waals surface area contributed by atoms with Gasteiger partial charge in [0.2, 0.25) is 0 Å². The summed E-state index contributed by atoms with van der Waals surface area (Å²) in [6, 6.07) is 15.3. The number of alkyl halides is 3. The van der Waals surface area contributed by atoms with Crippen molar-refractivity contribution in [3.05, 3.63) is 71.8 Å². The molecule has 1 fully saturated rings. The first kappa shape index (κ1) is 21.9. The van der Waals surface area contributed by atoms with Gasteiger partial charge in [0.25, 0.3) is 0 Å². The fraction of sp³-hybridized carbons (Fsp3) is 0.348. The second-order valence-corrected chi connectivity index (χ2v) is 7.29. The van der Waals surface area contributed by atoms with E-state index in [2.05, 4.69) is 9.64 Å². The van der Waals surface area contributed by atoms with Gasteiger partial charge in [-0.2, -0.15) is 0 Å². The number of carboxylic acids is 1. The van der Waals surface area contributed by atoms with E-state index in [1.807, 2.05) is 36.4 Å². The zero-order valence-corrected chi connectivity index (χ0v) is 16.4. The molecule has 0 aromatic heterocycles. The highest BCUT2D eigenvalue weighted by molar-refractivity contribution is 5.82. The van der Waals surface area contributed by atoms with Crippen molar-refractivity contribution < 1.29 is 27.8 Å². The van der Waals surface area contributed by atoms with Gasteiger partial charge in [0.05, 0.1) is 5.92 Å². The van der Waals surface area contributed by atoms with Crippen LogP contribution >= 0.6 is 0 Å². The van der Waals surface area contributed by atoms with E-state index >= 15 is 0 Å². The third kappa shape index (κ3) is 6.10. The maximum atomic E-state index is 12.9. The Kier molecular flexibility index (Phi) is 7.15. The number of rotatable bonds is 7. The minimum Gasteiger partial charge on any atom is -0.481 e. The lowest BCUT2D eigenvalue weighted by atomic mass is 9.95. The molecule has 7 heteroatoms. The first-order valence-corrected chi connectivity index (χ1v) is 9.89. The minimum atomic E-state index is -4.78. The van der Waals surface area contributed by atoms with Crippen molar-refractivity contribution in [3.63, 3.8) is 0 Å². The van der Waals surface area contributed by atoms with Gasteiger partial charge in [-0.3, -0.25) is 4.79 Å². The van der Waals surface area contributed by atoms with Gasteiger partial charge in [-0.1, -0.05) is 54.6 Å². The Bertz CT molecular complexity index is 881. The number of hydrogen-bond acceptors (Lipinski definition) is 3. The summed E-state index contributed by atoms with van der Waals surface area (Å²) >= 11 is 0. The number of hydrogen-bond donors (Lipinski definition) is 1. The molecule has 1 atom stereocenters. The van der Waals surface area contributed by atoms with Gasteiger partial charge in [0, 0.05) is 18.7 Å². The van der Waals surface area contributed by atoms with Crippen LogP contribution in [0.3, 0.4) is 0 Å². The summed E-state index contributed by atoms with van der Waals surface area (Å²) in [6.07, 6.45) is -0.791. The molecule has 0 saturated carbocycles. The Morgan fingerprint density at radius 2 is 1.83 bits per heavy atom. The van der Waals surface area contributed by atoms with Crippen LogP contribution in [0, 0.1) is 5.92 Å². The summed E-state index contributed by atoms with van der Waals surface area (Å²) in [7, 11) is 0. The number of piperidine rings is 1. The van der Waals surface area contributed by atoms with Crippen molar-refractivity contribution in [2.24, 2.45) is 5.92 Å². The smallest absolute Gasteiger partial charge is 0.481 e. The fourth-order valence-corrected chi connectivity index (χ4v) is 3.76. The standard InChI is InChI=1S/C23H24F3NO3/c24-23(25,26)30-21-13-5-4-11-20(21)19(17-8-2-1-3-9-17)12-7-15-27-14-6-10-18(16-27)22(28)29/h1-5,8-9,11-13,18H,6-7,10,14-16H2,(H,28,29)/b19-12+/t18-/m1/s1. The summed E-state index contributed by atoms with van der Waals surface area (Å²) < 4.78 is 42.9. The quantitative estimate of drug-likeness (QED) is 0.670. The number of carbonyl (C=O) groups is 1. The van der Waals surface area contributed by atoms with Gasteiger partial charge in [-0.05, 0) is 43.0 Å². The maximum absolute atomic E-state index is 12.9. The first-order valence-electron chi connectivity index (χ1n) is 9.89. The van der Waals surface area contributed by atoms with E-state index in [0.29, 0.717) is 37.1 Å². The van der Waals surface area contributed by atoms with Gasteiger partial charge in [-0.25, -0.2) is 0 Å². The molecule has 1 heterocycles. The van der Waals surface area contributed by atoms with Gasteiger partial charge in [-0.15, -0.1) is 13.2 Å². The second-order valence-electron chi connectivity index (χ2n) is 7.29. The van der Waals surface area contributed by atoms with Gasteiger partial charge < -0.3 is 14.7 Å². The lowest BCUT2D eigenvalue weighted by Crippen LogP contribution is -2.39. The highest BCUT2D eigenvalue weighted by Crippen LogP contribution is 2.34. The van der Waals surface area contributed by atoms with Crippen molar-refractivity contribution in [2.75, 3.05) is 19.6 Å². The van der Waals surface area contributed by atoms with Crippen LogP contribution in [0.1, 0.15) is 30.4 Å². The van der Waals surface area contributed by atoms with E-state index in [4.69, 9.17) is 0 Å². The summed E-state index contributed by atoms with van der Waals surface area (Å²) in [4.78, 5) is 13.4. The van der Waals surface area contributed by atoms with Crippen LogP contribution in [0.5, 0.6) is 5.75 Å². The zero-order chi connectivity index (χ0) is 21.6. The Morgan fingerprint density at radius 3 is 2.53 bits per heavy atom. The average molecular weight is 419 g/mol. The van der Waals surface area contributed by atoms with E-state index in [-0.39, 0.29) is 11.7 Å². The number of likely N-dealkylation sites (tertiary alicyclic amines) is 1. The molecule has 3 rings (SSSR count). The molecule has 1 saturated heterocycles. The normalized spacial score (nSPS) is 18.2. The Morgan fingerprint density at radius 1 is 1.13 bits per heavy atom. The third-order valence-corrected chi connectivity index (χ3v) is 5.14. The highest BCUT2D eigenvalue weighted by Gasteiger charge is 2.32. The molecule has 30 heavy (non-hydrogen) atoms. The molecule has 0 aliphatic carbocycles. The van der Waals surface area contributed by atoms with E-state index in [0.717, 1.165) is 18.5 Å². The molecule has 1 aliphatic rings. The number of carboxylic acid groups (broad SMARTS) is 1. The third-order valence-electron chi connectivity index (χ3n) is 5.14. The predicted molar refractivity (Wildman–Crippen MR) is 108 cm³/mol. The van der Waals surface area contributed by atoms with Crippen molar-refractivity contribution in [1.82, 2.24) is 4.90 Å². The van der Waals surface area contributed by atoms with E-state index in [1.54, 1.807) is 12.1 Å². The first-order chi connectivity index (χ1) is 14.3. The number of benzene rings is 2. The Hall–Kier alpha value is -2.80. The number of aliphatic carboxylic acids is 1. The topological polar surface area (TPSA) is 49.8 Å². The molecule has 1 N–H and O–H groups in total. The molecule has 0 amide bonds. The lowest BCUT2D eigenvalue weighted by Gasteiger charge is -2.30. The summed E-state index contributed by atoms with van der Waals surface area (Å²) in [5, 5.41) is 9.25. The molecule has 2 aromatic rings. The largest absolute Gasteiger partial charge is 0.573 e. The summed E-state index contributed by atoms with van der Waals surface area (Å²) in [5.74, 6) is -1.39. The molecular weight excluding hydrogens is 395 g/mol. The second kappa shape index (κ2) is 9.80. The molecule has 0 spiro atoms. The molecule has 4 nitrogen and oxygen atoms in total. The van der Waals surface area contributed by atoms with Gasteiger partial charge in [0.1, 0.15) is 5.75 Å². The molecule has 1 aliphatic heterocycles. The number of para-hydroxylation sites is 1. The van der Waals surface area contributed by atoms with Crippen LogP contribution < -0.4 is 4.74 Å². The van der Waals surface area contributed by atoms with Crippen LogP contribution in [0.4, 0.5) is 13.2 Å². The van der Waals surface area contributed by atoms with Crippen molar-refractivity contribution in [3.8, 4) is 5.75 Å². The highest BCUT2D eigenvalue weighted by atomic mass is 19.4. The molecule has 160 valence electrons. The number of ether oxygens (including phenoxy) is 1. The van der Waals surface area contributed by atoms with Gasteiger partial charge >= 0.3 is 12.3 Å². The Balaban J connectivity index is 1.83. The molecule has 0 radical (unpaired) electrons. The van der Waals surface area contributed by atoms with E-state index in [9.17, 15) is 23.1 Å². The average Bonchev–Trinajstić information content (AvgIpc) is 2.72. The molecule has 0 bridgehead atoms. The van der Waals surface area contributed by atoms with Crippen LogP contribution in [0.25, 0.3) is 5.57 Å². The fourth-order valence-electron chi connectivity index (χ4n) is 3.76. The van der Waals surface area contributed by atoms with Crippen LogP contribution in [-0.2, 0) is 4.79 Å². The maximum Gasteiger partial charge on any atom is 0.573 e. The SMILES string of the molecule is O=C(O)[C@@H]1CCCN(CC/C=C(\c2ccccc2)c2ccccc2OC(F)(F)F)C1.